The molecule has 1 aromatic rings. The van der Waals surface area contributed by atoms with Crippen LogP contribution in [0.15, 0.2) is 29.4 Å². The Morgan fingerprint density at radius 1 is 1.25 bits per heavy atom. The topological polar surface area (TPSA) is 33.6 Å². The molecule has 1 N–H and O–H groups in total. The van der Waals surface area contributed by atoms with Crippen LogP contribution in [0.5, 0.6) is 0 Å². The van der Waals surface area contributed by atoms with Crippen molar-refractivity contribution < 1.29 is 17.5 Å². The number of rotatable bonds is 2. The first-order valence-corrected chi connectivity index (χ1v) is 5.11. The van der Waals surface area contributed by atoms with Crippen LogP contribution in [-0.2, 0) is 16.9 Å². The Morgan fingerprint density at radius 3 is 2.44 bits per heavy atom. The molecule has 0 spiro atoms. The smallest absolute Gasteiger partial charge is 0.297 e. The van der Waals surface area contributed by atoms with E-state index in [0.717, 1.165) is 29.9 Å². The summed E-state index contributed by atoms with van der Waals surface area (Å²) in [6.07, 6.45) is -3.87. The largest absolute Gasteiger partial charge is 0.416 e. The maximum atomic E-state index is 12.3. The maximum absolute atomic E-state index is 12.3. The maximum Gasteiger partial charge on any atom is 0.416 e. The van der Waals surface area contributed by atoms with Gasteiger partial charge in [-0.05, 0) is 17.7 Å². The summed E-state index contributed by atoms with van der Waals surface area (Å²) >= 11 is 0.975. The predicted octanol–water partition coefficient (Wildman–Crippen LogP) is 2.74. The first kappa shape index (κ1) is 11.1. The van der Waals surface area contributed by atoms with Crippen LogP contribution in [-0.4, -0.2) is 5.84 Å². The lowest BCUT2D eigenvalue weighted by atomic mass is 10.1. The van der Waals surface area contributed by atoms with Crippen LogP contribution in [0.4, 0.5) is 13.2 Å². The van der Waals surface area contributed by atoms with Gasteiger partial charge in [0.1, 0.15) is 0 Å². The van der Waals surface area contributed by atoms with E-state index in [9.17, 15) is 13.2 Å². The van der Waals surface area contributed by atoms with Crippen molar-refractivity contribution in [2.24, 2.45) is 5.16 Å². The van der Waals surface area contributed by atoms with Gasteiger partial charge in [-0.3, -0.25) is 9.01 Å². The minimum Gasteiger partial charge on any atom is -0.297 e. The fourth-order valence-corrected chi connectivity index (χ4v) is 1.59. The van der Waals surface area contributed by atoms with E-state index in [0.29, 0.717) is 12.3 Å². The number of hydrogen-bond donors (Lipinski definition) is 1. The van der Waals surface area contributed by atoms with Crippen LogP contribution in [0.2, 0.25) is 0 Å². The minimum atomic E-state index is -4.29. The van der Waals surface area contributed by atoms with Crippen molar-refractivity contribution >= 4 is 18.1 Å². The van der Waals surface area contributed by atoms with Gasteiger partial charge >= 0.3 is 6.18 Å². The number of benzene rings is 1. The number of halogens is 3. The van der Waals surface area contributed by atoms with Crippen molar-refractivity contribution in [1.82, 2.24) is 4.72 Å². The van der Waals surface area contributed by atoms with Gasteiger partial charge in [-0.2, -0.15) is 13.2 Å². The zero-order valence-electron chi connectivity index (χ0n) is 7.91. The monoisotopic (exact) mass is 248 g/mol. The molecule has 1 heterocycles. The lowest BCUT2D eigenvalue weighted by molar-refractivity contribution is -0.137. The summed E-state index contributed by atoms with van der Waals surface area (Å²) in [6.45, 7) is 0. The molecule has 7 heteroatoms. The Hall–Kier alpha value is -1.37. The van der Waals surface area contributed by atoms with E-state index in [4.69, 9.17) is 0 Å². The van der Waals surface area contributed by atoms with Crippen molar-refractivity contribution in [3.05, 3.63) is 35.4 Å². The van der Waals surface area contributed by atoms with E-state index >= 15 is 0 Å². The van der Waals surface area contributed by atoms with Crippen LogP contribution in [0, 0.1) is 0 Å². The van der Waals surface area contributed by atoms with Gasteiger partial charge in [0, 0.05) is 6.42 Å². The van der Waals surface area contributed by atoms with Crippen LogP contribution in [0.25, 0.3) is 0 Å². The molecule has 1 aliphatic rings. The highest BCUT2D eigenvalue weighted by molar-refractivity contribution is 7.93. The molecule has 0 fully saturated rings. The molecule has 0 aliphatic carbocycles. The second-order valence-electron chi connectivity index (χ2n) is 3.17. The molecule has 1 aromatic carbocycles. The molecule has 2 rings (SSSR count). The summed E-state index contributed by atoms with van der Waals surface area (Å²) in [5.74, 6) is 0.588. The SMILES string of the molecule is FC(F)(F)c1ccc(CC2=NOSN2)cc1. The first-order chi connectivity index (χ1) is 7.55. The Bertz CT molecular complexity index is 402. The highest BCUT2D eigenvalue weighted by Gasteiger charge is 2.29. The van der Waals surface area contributed by atoms with Crippen molar-refractivity contribution in [3.8, 4) is 0 Å². The second-order valence-corrected chi connectivity index (χ2v) is 3.69. The number of amidine groups is 1. The molecular weight excluding hydrogens is 241 g/mol. The molecule has 0 aromatic heterocycles. The van der Waals surface area contributed by atoms with Gasteiger partial charge in [0.2, 0.25) is 12.2 Å². The Balaban J connectivity index is 2.07. The Morgan fingerprint density at radius 2 is 1.94 bits per heavy atom. The summed E-state index contributed by atoms with van der Waals surface area (Å²) in [5, 5.41) is 3.65. The molecule has 0 saturated carbocycles. The quantitative estimate of drug-likeness (QED) is 0.645. The van der Waals surface area contributed by atoms with Gasteiger partial charge in [0.05, 0.1) is 5.56 Å². The molecule has 16 heavy (non-hydrogen) atoms. The molecule has 0 radical (unpaired) electrons. The first-order valence-electron chi connectivity index (χ1n) is 4.37. The van der Waals surface area contributed by atoms with Gasteiger partial charge in [-0.15, -0.1) is 0 Å². The molecule has 0 bridgehead atoms. The van der Waals surface area contributed by atoms with E-state index in [2.05, 4.69) is 14.2 Å². The highest BCUT2D eigenvalue weighted by Crippen LogP contribution is 2.29. The lowest BCUT2D eigenvalue weighted by Crippen LogP contribution is -2.14. The zero-order valence-corrected chi connectivity index (χ0v) is 8.73. The molecule has 1 aliphatic heterocycles. The molecule has 86 valence electrons. The van der Waals surface area contributed by atoms with Gasteiger partial charge in [0.25, 0.3) is 0 Å². The molecule has 0 unspecified atom stereocenters. The third kappa shape index (κ3) is 2.60. The summed E-state index contributed by atoms with van der Waals surface area (Å²) in [7, 11) is 0. The van der Waals surface area contributed by atoms with E-state index in [1.165, 1.54) is 12.1 Å². The van der Waals surface area contributed by atoms with E-state index in [-0.39, 0.29) is 0 Å². The van der Waals surface area contributed by atoms with Crippen LogP contribution in [0.1, 0.15) is 11.1 Å². The molecule has 3 nitrogen and oxygen atoms in total. The average molecular weight is 248 g/mol. The third-order valence-electron chi connectivity index (χ3n) is 2.00. The van der Waals surface area contributed by atoms with Crippen molar-refractivity contribution in [1.29, 1.82) is 0 Å². The van der Waals surface area contributed by atoms with Gasteiger partial charge in [0.15, 0.2) is 5.84 Å². The predicted molar refractivity (Wildman–Crippen MR) is 54.4 cm³/mol. The van der Waals surface area contributed by atoms with Gasteiger partial charge in [-0.25, -0.2) is 0 Å². The van der Waals surface area contributed by atoms with Gasteiger partial charge in [-0.1, -0.05) is 17.3 Å². The van der Waals surface area contributed by atoms with Gasteiger partial charge < -0.3 is 0 Å². The van der Waals surface area contributed by atoms with Crippen molar-refractivity contribution in [2.75, 3.05) is 0 Å². The average Bonchev–Trinajstić information content (AvgIpc) is 2.70. The van der Waals surface area contributed by atoms with Crippen molar-refractivity contribution in [3.63, 3.8) is 0 Å². The summed E-state index contributed by atoms with van der Waals surface area (Å²) in [6, 6.07) is 4.96. The molecule has 0 amide bonds. The molecule has 0 saturated heterocycles. The number of hydrogen-bond acceptors (Lipinski definition) is 4. The fourth-order valence-electron chi connectivity index (χ4n) is 1.22. The van der Waals surface area contributed by atoms with Crippen molar-refractivity contribution in [2.45, 2.75) is 12.6 Å². The summed E-state index contributed by atoms with van der Waals surface area (Å²) in [4.78, 5) is 0. The highest BCUT2D eigenvalue weighted by atomic mass is 32.2. The summed E-state index contributed by atoms with van der Waals surface area (Å²) in [5.41, 5.74) is 0.0912. The fraction of sp³-hybridized carbons (Fsp3) is 0.222. The minimum absolute atomic E-state index is 0.422. The van der Waals surface area contributed by atoms with Crippen LogP contribution < -0.4 is 4.72 Å². The third-order valence-corrected chi connectivity index (χ3v) is 2.47. The Labute approximate surface area is 94.0 Å². The van der Waals surface area contributed by atoms with E-state index < -0.39 is 11.7 Å². The summed E-state index contributed by atoms with van der Waals surface area (Å²) < 4.78 is 44.2. The molecular formula is C9H7F3N2OS. The second kappa shape index (κ2) is 4.25. The number of alkyl halides is 3. The lowest BCUT2D eigenvalue weighted by Gasteiger charge is -2.07. The number of nitrogens with one attached hydrogen (secondary N) is 1. The number of nitrogens with zero attached hydrogens (tertiary/aromatic N) is 1. The number of oxime groups is 1. The standard InChI is InChI=1S/C9H7F3N2OS/c10-9(11,12)7-3-1-6(2-4-7)5-8-13-15-16-14-8/h1-4H,5H2,(H,13,14). The zero-order chi connectivity index (χ0) is 11.6. The van der Waals surface area contributed by atoms with E-state index in [1.807, 2.05) is 0 Å². The van der Waals surface area contributed by atoms with Crippen LogP contribution in [0.3, 0.4) is 0 Å². The van der Waals surface area contributed by atoms with E-state index in [1.54, 1.807) is 0 Å². The Kier molecular flexibility index (Phi) is 2.95. The van der Waals surface area contributed by atoms with Crippen LogP contribution >= 0.6 is 12.2 Å². The molecule has 0 atom stereocenters. The normalized spacial score (nSPS) is 15.3.